The molecule has 0 heterocycles. The second-order valence-electron chi connectivity index (χ2n) is 5.52. The molecule has 1 atom stereocenters. The van der Waals surface area contributed by atoms with Gasteiger partial charge in [-0.15, -0.1) is 0 Å². The van der Waals surface area contributed by atoms with Crippen LogP contribution in [0, 0.1) is 0 Å². The predicted octanol–water partition coefficient (Wildman–Crippen LogP) is 1.68. The number of ether oxygens (including phenoxy) is 1. The summed E-state index contributed by atoms with van der Waals surface area (Å²) in [5, 5.41) is 11.3. The summed E-state index contributed by atoms with van der Waals surface area (Å²) < 4.78 is 32.4. The molecule has 144 valence electrons. The topological polar surface area (TPSA) is 113 Å². The molecular formula is C18H17ClNO6S-. The van der Waals surface area contributed by atoms with Gasteiger partial charge in [0, 0.05) is 17.4 Å². The lowest BCUT2D eigenvalue weighted by molar-refractivity contribution is -0.306. The van der Waals surface area contributed by atoms with E-state index in [0.717, 1.165) is 0 Å². The number of carbonyl (C=O) groups excluding carboxylic acids is 2. The van der Waals surface area contributed by atoms with Crippen LogP contribution in [-0.4, -0.2) is 27.0 Å². The van der Waals surface area contributed by atoms with Gasteiger partial charge in [-0.05, 0) is 42.8 Å². The van der Waals surface area contributed by atoms with Crippen LogP contribution in [0.1, 0.15) is 35.3 Å². The van der Waals surface area contributed by atoms with Crippen LogP contribution < -0.4 is 9.83 Å². The first-order chi connectivity index (χ1) is 12.7. The van der Waals surface area contributed by atoms with Crippen molar-refractivity contribution in [3.63, 3.8) is 0 Å². The Bertz CT molecular complexity index is 927. The highest BCUT2D eigenvalue weighted by atomic mass is 35.5. The van der Waals surface area contributed by atoms with Gasteiger partial charge in [0.25, 0.3) is 0 Å². The molecule has 0 unspecified atom stereocenters. The summed E-state index contributed by atoms with van der Waals surface area (Å²) >= 11 is 6.06. The molecule has 0 bridgehead atoms. The van der Waals surface area contributed by atoms with Crippen molar-refractivity contribution < 1.29 is 27.9 Å². The summed E-state index contributed by atoms with van der Waals surface area (Å²) in [6, 6.07) is 10.3. The van der Waals surface area contributed by atoms with E-state index in [1.54, 1.807) is 19.1 Å². The fourth-order valence-corrected chi connectivity index (χ4v) is 3.86. The van der Waals surface area contributed by atoms with E-state index in [1.807, 2.05) is 0 Å². The van der Waals surface area contributed by atoms with Crippen LogP contribution in [0.5, 0.6) is 0 Å². The smallest absolute Gasteiger partial charge is 0.338 e. The van der Waals surface area contributed by atoms with Crippen LogP contribution >= 0.6 is 11.6 Å². The zero-order valence-corrected chi connectivity index (χ0v) is 15.9. The number of hydrogen-bond donors (Lipinski definition) is 1. The highest BCUT2D eigenvalue weighted by Gasteiger charge is 2.23. The standard InChI is InChI=1S/C18H18ClNO6S/c1-2-26-18(23)12-7-9-13(10-8-12)27(24,25)20-16(11-17(21)22)14-5-3-4-6-15(14)19/h3-10,16,20H,2,11H2,1H3,(H,21,22)/p-1/t16-/m1/s1. The molecule has 0 saturated heterocycles. The molecule has 0 aromatic heterocycles. The number of rotatable bonds is 8. The Hall–Kier alpha value is -2.42. The van der Waals surface area contributed by atoms with Crippen LogP contribution in [0.4, 0.5) is 0 Å². The number of aliphatic carboxylic acids is 1. The van der Waals surface area contributed by atoms with Crippen LogP contribution in [0.2, 0.25) is 5.02 Å². The number of esters is 1. The Labute approximate surface area is 162 Å². The zero-order chi connectivity index (χ0) is 20.0. The van der Waals surface area contributed by atoms with E-state index in [2.05, 4.69) is 4.72 Å². The lowest BCUT2D eigenvalue weighted by Crippen LogP contribution is -2.34. The maximum absolute atomic E-state index is 12.6. The number of halogens is 1. The normalized spacial score (nSPS) is 12.4. The first-order valence-corrected chi connectivity index (χ1v) is 9.84. The molecule has 0 radical (unpaired) electrons. The lowest BCUT2D eigenvalue weighted by Gasteiger charge is -2.21. The average Bonchev–Trinajstić information content (AvgIpc) is 2.61. The van der Waals surface area contributed by atoms with Gasteiger partial charge in [0.15, 0.2) is 0 Å². The first kappa shape index (κ1) is 20.9. The van der Waals surface area contributed by atoms with Crippen LogP contribution in [0.15, 0.2) is 53.4 Å². The SMILES string of the molecule is CCOC(=O)c1ccc(S(=O)(=O)N[C@H](CC(=O)[O-])c2ccccc2Cl)cc1. The molecule has 1 N–H and O–H groups in total. The summed E-state index contributed by atoms with van der Waals surface area (Å²) in [6.07, 6.45) is -0.593. The fourth-order valence-electron chi connectivity index (χ4n) is 2.38. The second kappa shape index (κ2) is 8.98. The van der Waals surface area contributed by atoms with Crippen molar-refractivity contribution in [3.8, 4) is 0 Å². The molecule has 7 nitrogen and oxygen atoms in total. The van der Waals surface area contributed by atoms with Gasteiger partial charge in [-0.2, -0.15) is 0 Å². The number of carboxylic acid groups (broad SMARTS) is 1. The van der Waals surface area contributed by atoms with Crippen molar-refractivity contribution in [1.29, 1.82) is 0 Å². The van der Waals surface area contributed by atoms with E-state index in [1.165, 1.54) is 36.4 Å². The molecule has 9 heteroatoms. The number of carbonyl (C=O) groups is 2. The highest BCUT2D eigenvalue weighted by Crippen LogP contribution is 2.26. The van der Waals surface area contributed by atoms with Crippen LogP contribution in [0.3, 0.4) is 0 Å². The predicted molar refractivity (Wildman–Crippen MR) is 96.5 cm³/mol. The Kier molecular flexibility index (Phi) is 6.95. The van der Waals surface area contributed by atoms with Gasteiger partial charge in [-0.25, -0.2) is 17.9 Å². The third-order valence-corrected chi connectivity index (χ3v) is 5.46. The maximum Gasteiger partial charge on any atom is 0.338 e. The van der Waals surface area contributed by atoms with E-state index in [9.17, 15) is 23.1 Å². The number of benzene rings is 2. The fraction of sp³-hybridized carbons (Fsp3) is 0.222. The average molecular weight is 411 g/mol. The molecule has 0 fully saturated rings. The minimum Gasteiger partial charge on any atom is -0.550 e. The maximum atomic E-state index is 12.6. The van der Waals surface area contributed by atoms with Crippen molar-refractivity contribution in [2.24, 2.45) is 0 Å². The van der Waals surface area contributed by atoms with E-state index in [-0.39, 0.29) is 22.1 Å². The largest absolute Gasteiger partial charge is 0.550 e. The monoisotopic (exact) mass is 410 g/mol. The molecule has 0 aliphatic heterocycles. The van der Waals surface area contributed by atoms with Crippen LogP contribution in [-0.2, 0) is 19.6 Å². The van der Waals surface area contributed by atoms with Crippen molar-refractivity contribution in [3.05, 3.63) is 64.7 Å². The summed E-state index contributed by atoms with van der Waals surface area (Å²) in [4.78, 5) is 22.6. The molecule has 0 saturated carbocycles. The first-order valence-electron chi connectivity index (χ1n) is 7.98. The molecular weight excluding hydrogens is 394 g/mol. The Morgan fingerprint density at radius 2 is 1.78 bits per heavy atom. The van der Waals surface area contributed by atoms with E-state index < -0.39 is 34.4 Å². The van der Waals surface area contributed by atoms with E-state index >= 15 is 0 Å². The Morgan fingerprint density at radius 3 is 2.33 bits per heavy atom. The van der Waals surface area contributed by atoms with E-state index in [0.29, 0.717) is 5.56 Å². The molecule has 2 aromatic carbocycles. The molecule has 2 rings (SSSR count). The van der Waals surface area contributed by atoms with Crippen molar-refractivity contribution in [1.82, 2.24) is 4.72 Å². The number of hydrogen-bond acceptors (Lipinski definition) is 6. The Morgan fingerprint density at radius 1 is 1.15 bits per heavy atom. The highest BCUT2D eigenvalue weighted by molar-refractivity contribution is 7.89. The molecule has 2 aromatic rings. The summed E-state index contributed by atoms with van der Waals surface area (Å²) in [6.45, 7) is 1.86. The Balaban J connectivity index is 2.29. The molecule has 0 spiro atoms. The lowest BCUT2D eigenvalue weighted by atomic mass is 10.1. The summed E-state index contributed by atoms with van der Waals surface area (Å²) in [7, 11) is -4.08. The number of sulfonamides is 1. The quantitative estimate of drug-likeness (QED) is 0.662. The summed E-state index contributed by atoms with van der Waals surface area (Å²) in [5.41, 5.74) is 0.517. The third-order valence-electron chi connectivity index (χ3n) is 3.62. The minimum absolute atomic E-state index is 0.133. The van der Waals surface area contributed by atoms with Gasteiger partial charge in [-0.1, -0.05) is 29.8 Å². The number of carboxylic acids is 1. The molecule has 0 amide bonds. The van der Waals surface area contributed by atoms with Gasteiger partial charge < -0.3 is 14.6 Å². The number of nitrogens with one attached hydrogen (secondary N) is 1. The van der Waals surface area contributed by atoms with Gasteiger partial charge in [0.05, 0.1) is 23.1 Å². The van der Waals surface area contributed by atoms with Crippen LogP contribution in [0.25, 0.3) is 0 Å². The molecule has 27 heavy (non-hydrogen) atoms. The van der Waals surface area contributed by atoms with Gasteiger partial charge in [0.1, 0.15) is 0 Å². The van der Waals surface area contributed by atoms with Gasteiger partial charge >= 0.3 is 5.97 Å². The summed E-state index contributed by atoms with van der Waals surface area (Å²) in [5.74, 6) is -2.00. The minimum atomic E-state index is -4.08. The third kappa shape index (κ3) is 5.53. The van der Waals surface area contributed by atoms with Crippen molar-refractivity contribution in [2.75, 3.05) is 6.61 Å². The van der Waals surface area contributed by atoms with Gasteiger partial charge in [-0.3, -0.25) is 0 Å². The van der Waals surface area contributed by atoms with E-state index in [4.69, 9.17) is 16.3 Å². The molecule has 0 aliphatic carbocycles. The zero-order valence-electron chi connectivity index (χ0n) is 14.3. The molecule has 0 aliphatic rings. The second-order valence-corrected chi connectivity index (χ2v) is 7.64. The van der Waals surface area contributed by atoms with Crippen molar-refractivity contribution in [2.45, 2.75) is 24.3 Å². The van der Waals surface area contributed by atoms with Gasteiger partial charge in [0.2, 0.25) is 10.0 Å². The van der Waals surface area contributed by atoms with Crippen molar-refractivity contribution >= 4 is 33.6 Å².